The molecule has 3 N–H and O–H groups in total. The average Bonchev–Trinajstić information content (AvgIpc) is 1.49. The van der Waals surface area contributed by atoms with Crippen LogP contribution in [0.25, 0.3) is 0 Å². The third-order valence-corrected chi connectivity index (χ3v) is 25.2. The van der Waals surface area contributed by atoms with Gasteiger partial charge in [0.15, 0.2) is 0 Å². The largest absolute Gasteiger partial charge is 0.397 e. The minimum Gasteiger partial charge on any atom is -0.378 e. The SMILES string of the molecule is CC[C@H](C)[C@@H]1NC(=O)[C@H](CC(C)C)N(C)C(=O)C[C@@H](C(=O)N2CCOCC2)N(C)C(=O)[C@H](C2CCCCC2)N(C)C(=O)C2(CCCC2)NC(=O)[C@@H]2CCCN2C(=O)[C@H](CCC2CC(F)C(C(F)(F)F)C(F)C2)NC(=O)CN(C)C(=O)[C@H](CC2CCC(C(F)(F)F)CC2)N2CCCCC[C@@H](C2=O)N(C)C(=O)CN(C)C1=O. The van der Waals surface area contributed by atoms with E-state index in [0.29, 0.717) is 64.2 Å². The fraction of sp³-hybridized carbons (Fsp3) is 0.844. The lowest BCUT2D eigenvalue weighted by Gasteiger charge is -2.43. The van der Waals surface area contributed by atoms with Gasteiger partial charge in [0.2, 0.25) is 70.9 Å². The maximum atomic E-state index is 15.9. The van der Waals surface area contributed by atoms with E-state index in [-0.39, 0.29) is 122 Å². The van der Waals surface area contributed by atoms with Crippen molar-refractivity contribution < 1.29 is 97.4 Å². The molecule has 12 amide bonds. The summed E-state index contributed by atoms with van der Waals surface area (Å²) in [6, 6.07) is -11.0. The highest BCUT2D eigenvalue weighted by Crippen LogP contribution is 2.46. The number of morpholine rings is 1. The first-order valence-corrected chi connectivity index (χ1v) is 40.2. The quantitative estimate of drug-likeness (QED) is 0.174. The summed E-state index contributed by atoms with van der Waals surface area (Å²) in [7, 11) is 8.20. The first-order valence-electron chi connectivity index (χ1n) is 40.2. The van der Waals surface area contributed by atoms with Crippen LogP contribution in [0.1, 0.15) is 201 Å². The molecule has 8 rings (SSSR count). The molecule has 11 atom stereocenters. The number of halogens is 8. The van der Waals surface area contributed by atoms with Crippen LogP contribution in [0.15, 0.2) is 0 Å². The fourth-order valence-electron chi connectivity index (χ4n) is 18.3. The third-order valence-electron chi connectivity index (χ3n) is 25.2. The van der Waals surface area contributed by atoms with Crippen molar-refractivity contribution in [3.8, 4) is 0 Å². The zero-order chi connectivity index (χ0) is 81.0. The lowest BCUT2D eigenvalue weighted by molar-refractivity contribution is -0.219. The lowest BCUT2D eigenvalue weighted by atomic mass is 9.76. The molecule has 4 aliphatic heterocycles. The smallest absolute Gasteiger partial charge is 0.378 e. The molecule has 4 aliphatic carbocycles. The normalized spacial score (nSPS) is 31.9. The summed E-state index contributed by atoms with van der Waals surface area (Å²) in [4.78, 5) is 194. The Balaban J connectivity index is 1.20. The number of hydrogen-bond donors (Lipinski definition) is 3. The van der Waals surface area contributed by atoms with E-state index >= 15 is 51.9 Å². The fourth-order valence-corrected chi connectivity index (χ4v) is 18.3. The Kier molecular flexibility index (Phi) is 31.2. The van der Waals surface area contributed by atoms with Crippen molar-refractivity contribution in [2.75, 3.05) is 94.8 Å². The minimum absolute atomic E-state index is 0.0174. The highest BCUT2D eigenvalue weighted by molar-refractivity contribution is 6.01. The highest BCUT2D eigenvalue weighted by Gasteiger charge is 2.56. The number of alkyl halides is 8. The Morgan fingerprint density at radius 2 is 1.15 bits per heavy atom. The molecule has 4 heterocycles. The summed E-state index contributed by atoms with van der Waals surface area (Å²) in [5.74, 6) is -16.4. The molecule has 0 aromatic heterocycles. The number of nitrogens with zero attached hydrogens (tertiary/aromatic N) is 9. The van der Waals surface area contributed by atoms with Crippen molar-refractivity contribution in [3.05, 3.63) is 0 Å². The number of carbonyl (C=O) groups excluding carboxylic acids is 12. The Morgan fingerprint density at radius 3 is 1.75 bits per heavy atom. The van der Waals surface area contributed by atoms with Gasteiger partial charge >= 0.3 is 12.4 Å². The van der Waals surface area contributed by atoms with Crippen LogP contribution in [0.2, 0.25) is 0 Å². The van der Waals surface area contributed by atoms with Gasteiger partial charge in [0.25, 0.3) is 0 Å². The topological polar surface area (TPSA) is 279 Å². The van der Waals surface area contributed by atoms with Crippen LogP contribution in [-0.4, -0.2) is 288 Å². The van der Waals surface area contributed by atoms with Crippen molar-refractivity contribution >= 4 is 70.9 Å². The molecule has 2 bridgehead atoms. The molecule has 0 aromatic carbocycles. The second kappa shape index (κ2) is 38.7. The van der Waals surface area contributed by atoms with Crippen LogP contribution in [0.5, 0.6) is 0 Å². The minimum atomic E-state index is -5.20. The number of carbonyl (C=O) groups is 12. The molecule has 622 valence electrons. The highest BCUT2D eigenvalue weighted by atomic mass is 19.4. The monoisotopic (exact) mass is 1570 g/mol. The molecule has 0 aromatic rings. The van der Waals surface area contributed by atoms with Crippen LogP contribution in [0.4, 0.5) is 35.1 Å². The molecule has 8 fully saturated rings. The van der Waals surface area contributed by atoms with Crippen molar-refractivity contribution in [1.82, 2.24) is 60.0 Å². The van der Waals surface area contributed by atoms with E-state index in [0.717, 1.165) is 21.1 Å². The van der Waals surface area contributed by atoms with E-state index in [1.165, 1.54) is 71.7 Å². The lowest BCUT2D eigenvalue weighted by Crippen LogP contribution is -2.65. The van der Waals surface area contributed by atoms with E-state index in [4.69, 9.17) is 4.74 Å². The van der Waals surface area contributed by atoms with Crippen LogP contribution >= 0.6 is 0 Å². The molecule has 1 spiro atoms. The Bertz CT molecular complexity index is 3220. The summed E-state index contributed by atoms with van der Waals surface area (Å²) in [5.41, 5.74) is -1.68. The van der Waals surface area contributed by atoms with Gasteiger partial charge in [-0.05, 0) is 145 Å². The Hall–Kier alpha value is -6.96. The van der Waals surface area contributed by atoms with Crippen molar-refractivity contribution in [1.29, 1.82) is 0 Å². The summed E-state index contributed by atoms with van der Waals surface area (Å²) in [5, 5.41) is 8.55. The predicted molar refractivity (Wildman–Crippen MR) is 388 cm³/mol. The van der Waals surface area contributed by atoms with E-state index in [2.05, 4.69) is 16.0 Å². The molecule has 2 unspecified atom stereocenters. The second-order valence-electron chi connectivity index (χ2n) is 33.3. The molecule has 33 heteroatoms. The standard InChI is InChI=1S/C77H120F8N12O13/c1-11-47(4)64-72(107)90(6)45-62(100)91(7)56-23-16-13-19-33-97(71(56)106)59(42-48-25-28-51(29-26-48)76(80,81)82)69(104)89(5)44-60(98)86-54(30-27-49-40-52(78)63(53(79)41-49)77(83,84)85)68(103)96-34-20-24-55(96)67(102)88-75(31-17-18-32-75)74(109)94(10)65(50-21-14-12-15-22-50)73(108)93(9)58(70(105)95-35-37-110-38-36-95)43-61(99)92(8)57(39-46(2)3)66(101)87-64/h46-59,63-65H,11-45H2,1-10H3,(H,86,98)(H,87,101)(H,88,102)/t47-,48?,49?,51?,52?,53?,54-,55-,56-,57-,58-,59-,63?,64-,65-/m0/s1. The zero-order valence-electron chi connectivity index (χ0n) is 65.9. The van der Waals surface area contributed by atoms with Crippen LogP contribution < -0.4 is 16.0 Å². The van der Waals surface area contributed by atoms with Crippen molar-refractivity contribution in [3.63, 3.8) is 0 Å². The summed E-state index contributed by atoms with van der Waals surface area (Å²) in [6.07, 6.45) is -12.3. The van der Waals surface area contributed by atoms with E-state index in [1.54, 1.807) is 13.8 Å². The van der Waals surface area contributed by atoms with Crippen molar-refractivity contribution in [2.45, 2.75) is 280 Å². The third kappa shape index (κ3) is 21.7. The summed E-state index contributed by atoms with van der Waals surface area (Å²) >= 11 is 0. The number of hydrogen-bond acceptors (Lipinski definition) is 13. The van der Waals surface area contributed by atoms with Crippen LogP contribution in [0.3, 0.4) is 0 Å². The molecular weight excluding hydrogens is 1450 g/mol. The predicted octanol–water partition coefficient (Wildman–Crippen LogP) is 7.11. The van der Waals surface area contributed by atoms with Gasteiger partial charge in [0.1, 0.15) is 72.1 Å². The number of ether oxygens (including phenoxy) is 1. The summed E-state index contributed by atoms with van der Waals surface area (Å²) < 4.78 is 121. The molecule has 0 radical (unpaired) electrons. The van der Waals surface area contributed by atoms with Gasteiger partial charge in [-0.2, -0.15) is 26.3 Å². The average molecular weight is 1570 g/mol. The molecular formula is C77H120F8N12O13. The van der Waals surface area contributed by atoms with Crippen LogP contribution in [0, 0.1) is 41.4 Å². The second-order valence-corrected chi connectivity index (χ2v) is 33.3. The first-order chi connectivity index (χ1) is 51.8. The zero-order valence-corrected chi connectivity index (χ0v) is 65.9. The van der Waals surface area contributed by atoms with Gasteiger partial charge in [-0.1, -0.05) is 79.1 Å². The number of rotatable bonds is 11. The maximum absolute atomic E-state index is 15.9. The number of fused-ring (bicyclic) bond motifs is 3. The van der Waals surface area contributed by atoms with E-state index < -0.39 is 224 Å². The Labute approximate surface area is 641 Å². The maximum Gasteiger partial charge on any atom is 0.397 e. The van der Waals surface area contributed by atoms with Crippen LogP contribution in [-0.2, 0) is 62.3 Å². The number of likely N-dealkylation sites (N-methyl/N-ethyl adjacent to an activating group) is 6. The van der Waals surface area contributed by atoms with Gasteiger partial charge in [-0.3, -0.25) is 57.5 Å². The molecule has 110 heavy (non-hydrogen) atoms. The van der Waals surface area contributed by atoms with Gasteiger partial charge < -0.3 is 64.8 Å². The van der Waals surface area contributed by atoms with Gasteiger partial charge in [-0.25, -0.2) is 8.78 Å². The molecule has 4 saturated heterocycles. The van der Waals surface area contributed by atoms with E-state index in [9.17, 15) is 40.7 Å². The molecule has 25 nitrogen and oxygen atoms in total. The number of nitrogens with one attached hydrogen (secondary N) is 3. The molecule has 4 saturated carbocycles. The Morgan fingerprint density at radius 1 is 0.555 bits per heavy atom. The van der Waals surface area contributed by atoms with Crippen molar-refractivity contribution in [2.24, 2.45) is 41.4 Å². The van der Waals surface area contributed by atoms with Gasteiger partial charge in [0, 0.05) is 68.5 Å². The summed E-state index contributed by atoms with van der Waals surface area (Å²) in [6.45, 7) is 6.09. The van der Waals surface area contributed by atoms with Gasteiger partial charge in [-0.15, -0.1) is 0 Å². The number of amides is 12. The van der Waals surface area contributed by atoms with E-state index in [1.807, 2.05) is 13.8 Å². The molecule has 8 aliphatic rings. The van der Waals surface area contributed by atoms with Gasteiger partial charge in [0.05, 0.1) is 38.6 Å². The first kappa shape index (κ1) is 88.6.